The van der Waals surface area contributed by atoms with E-state index in [2.05, 4.69) is 0 Å². The maximum absolute atomic E-state index is 12.2. The van der Waals surface area contributed by atoms with Crippen LogP contribution in [0.4, 0.5) is 0 Å². The van der Waals surface area contributed by atoms with Crippen LogP contribution in [0.15, 0.2) is 18.2 Å². The maximum atomic E-state index is 12.2. The maximum Gasteiger partial charge on any atom is 0.253 e. The highest BCUT2D eigenvalue weighted by Gasteiger charge is 2.25. The quantitative estimate of drug-likeness (QED) is 0.836. The molecule has 2 heterocycles. The number of nitrogens with two attached hydrogens (primary N) is 1. The van der Waals surface area contributed by atoms with Crippen molar-refractivity contribution < 1.29 is 9.53 Å². The normalized spacial score (nSPS) is 21.6. The van der Waals surface area contributed by atoms with E-state index in [-0.39, 0.29) is 24.4 Å². The van der Waals surface area contributed by atoms with E-state index in [1.807, 2.05) is 23.1 Å². The van der Waals surface area contributed by atoms with Crippen LogP contribution in [-0.2, 0) is 18.0 Å². The Labute approximate surface area is 113 Å². The van der Waals surface area contributed by atoms with Gasteiger partial charge in [-0.2, -0.15) is 0 Å². The van der Waals surface area contributed by atoms with Gasteiger partial charge in [-0.25, -0.2) is 0 Å². The Hall–Kier alpha value is -1.10. The third-order valence-electron chi connectivity index (χ3n) is 3.48. The average Bonchev–Trinajstić information content (AvgIpc) is 2.95. The summed E-state index contributed by atoms with van der Waals surface area (Å²) in [6, 6.07) is 5.97. The summed E-state index contributed by atoms with van der Waals surface area (Å²) in [6.07, 6.45) is 0.903. The molecule has 0 aromatic heterocycles. The molecule has 98 valence electrons. The number of carbonyl (C=O) groups is 1. The monoisotopic (exact) mass is 268 g/mol. The van der Waals surface area contributed by atoms with Gasteiger partial charge in [-0.3, -0.25) is 4.79 Å². The van der Waals surface area contributed by atoms with E-state index >= 15 is 0 Å². The molecule has 2 aliphatic heterocycles. The fourth-order valence-corrected chi connectivity index (χ4v) is 2.46. The molecule has 1 amide bonds. The zero-order chi connectivity index (χ0) is 11.8. The highest BCUT2D eigenvalue weighted by molar-refractivity contribution is 5.94. The van der Waals surface area contributed by atoms with Gasteiger partial charge in [-0.1, -0.05) is 6.07 Å². The molecule has 4 nitrogen and oxygen atoms in total. The summed E-state index contributed by atoms with van der Waals surface area (Å²) in [5.41, 5.74) is 8.90. The van der Waals surface area contributed by atoms with E-state index in [0.29, 0.717) is 19.8 Å². The van der Waals surface area contributed by atoms with Crippen LogP contribution >= 0.6 is 12.4 Å². The molecule has 1 aromatic carbocycles. The smallest absolute Gasteiger partial charge is 0.253 e. The number of benzene rings is 1. The first-order valence-corrected chi connectivity index (χ1v) is 5.98. The number of hydrogen-bond donors (Lipinski definition) is 1. The van der Waals surface area contributed by atoms with E-state index in [1.165, 1.54) is 5.56 Å². The van der Waals surface area contributed by atoms with Crippen molar-refractivity contribution in [1.82, 2.24) is 4.90 Å². The van der Waals surface area contributed by atoms with Crippen LogP contribution in [0.25, 0.3) is 0 Å². The molecular formula is C13H17ClN2O2. The Morgan fingerprint density at radius 1 is 1.33 bits per heavy atom. The first kappa shape index (κ1) is 13.3. The van der Waals surface area contributed by atoms with Gasteiger partial charge in [0.05, 0.1) is 13.2 Å². The van der Waals surface area contributed by atoms with Gasteiger partial charge in [-0.05, 0) is 29.7 Å². The van der Waals surface area contributed by atoms with Crippen LogP contribution in [-0.4, -0.2) is 29.9 Å². The van der Waals surface area contributed by atoms with Crippen molar-refractivity contribution in [1.29, 1.82) is 0 Å². The minimum absolute atomic E-state index is 0. The Balaban J connectivity index is 0.00000120. The molecule has 5 heteroatoms. The molecule has 18 heavy (non-hydrogen) atoms. The third-order valence-corrected chi connectivity index (χ3v) is 3.48. The molecule has 1 saturated heterocycles. The SMILES string of the molecule is Cl.NC1CCN(C(=O)c2ccc3c(c2)COC3)C1. The molecule has 0 saturated carbocycles. The van der Waals surface area contributed by atoms with Crippen LogP contribution in [0.3, 0.4) is 0 Å². The van der Waals surface area contributed by atoms with Crippen molar-refractivity contribution >= 4 is 18.3 Å². The number of rotatable bonds is 1. The molecule has 2 aliphatic rings. The van der Waals surface area contributed by atoms with Gasteiger partial charge in [-0.15, -0.1) is 12.4 Å². The number of ether oxygens (including phenoxy) is 1. The van der Waals surface area contributed by atoms with Crippen molar-refractivity contribution in [3.8, 4) is 0 Å². The molecular weight excluding hydrogens is 252 g/mol. The minimum Gasteiger partial charge on any atom is -0.372 e. The van der Waals surface area contributed by atoms with Gasteiger partial charge in [0.2, 0.25) is 0 Å². The molecule has 0 spiro atoms. The van der Waals surface area contributed by atoms with Gasteiger partial charge in [0, 0.05) is 24.7 Å². The largest absolute Gasteiger partial charge is 0.372 e. The lowest BCUT2D eigenvalue weighted by Crippen LogP contribution is -2.31. The summed E-state index contributed by atoms with van der Waals surface area (Å²) < 4.78 is 5.35. The lowest BCUT2D eigenvalue weighted by atomic mass is 10.1. The molecule has 1 atom stereocenters. The molecule has 1 aromatic rings. The van der Waals surface area contributed by atoms with E-state index in [1.54, 1.807) is 0 Å². The van der Waals surface area contributed by atoms with E-state index in [0.717, 1.165) is 24.1 Å². The predicted molar refractivity (Wildman–Crippen MR) is 70.7 cm³/mol. The zero-order valence-electron chi connectivity index (χ0n) is 10.1. The van der Waals surface area contributed by atoms with Gasteiger partial charge in [0.1, 0.15) is 0 Å². The Bertz CT molecular complexity index is 464. The van der Waals surface area contributed by atoms with Crippen molar-refractivity contribution in [2.45, 2.75) is 25.7 Å². The van der Waals surface area contributed by atoms with Gasteiger partial charge < -0.3 is 15.4 Å². The van der Waals surface area contributed by atoms with Crippen LogP contribution in [0.1, 0.15) is 27.9 Å². The number of likely N-dealkylation sites (tertiary alicyclic amines) is 1. The van der Waals surface area contributed by atoms with E-state index < -0.39 is 0 Å². The second-order valence-electron chi connectivity index (χ2n) is 4.78. The predicted octanol–water partition coefficient (Wildman–Crippen LogP) is 1.31. The van der Waals surface area contributed by atoms with Crippen molar-refractivity contribution in [3.05, 3.63) is 34.9 Å². The minimum atomic E-state index is 0. The van der Waals surface area contributed by atoms with Crippen molar-refractivity contribution in [2.75, 3.05) is 13.1 Å². The number of carbonyl (C=O) groups excluding carboxylic acids is 1. The van der Waals surface area contributed by atoms with Crippen LogP contribution in [0.2, 0.25) is 0 Å². The topological polar surface area (TPSA) is 55.6 Å². The van der Waals surface area contributed by atoms with E-state index in [4.69, 9.17) is 10.5 Å². The van der Waals surface area contributed by atoms with Crippen LogP contribution in [0, 0.1) is 0 Å². The standard InChI is InChI=1S/C13H16N2O2.ClH/c14-12-3-4-15(6-12)13(16)9-1-2-10-7-17-8-11(10)5-9;/h1-2,5,12H,3-4,6-8,14H2;1H. The number of halogens is 1. The van der Waals surface area contributed by atoms with Gasteiger partial charge in [0.25, 0.3) is 5.91 Å². The summed E-state index contributed by atoms with van der Waals surface area (Å²) in [4.78, 5) is 14.1. The van der Waals surface area contributed by atoms with Gasteiger partial charge in [0.15, 0.2) is 0 Å². The highest BCUT2D eigenvalue weighted by Crippen LogP contribution is 2.22. The lowest BCUT2D eigenvalue weighted by Gasteiger charge is -2.16. The molecule has 2 N–H and O–H groups in total. The summed E-state index contributed by atoms with van der Waals surface area (Å²) >= 11 is 0. The number of hydrogen-bond acceptors (Lipinski definition) is 3. The Morgan fingerprint density at radius 2 is 2.11 bits per heavy atom. The fourth-order valence-electron chi connectivity index (χ4n) is 2.46. The molecule has 1 fully saturated rings. The highest BCUT2D eigenvalue weighted by atomic mass is 35.5. The third kappa shape index (κ3) is 2.36. The number of amides is 1. The summed E-state index contributed by atoms with van der Waals surface area (Å²) in [7, 11) is 0. The molecule has 0 aliphatic carbocycles. The Kier molecular flexibility index (Phi) is 3.90. The Morgan fingerprint density at radius 3 is 2.83 bits per heavy atom. The summed E-state index contributed by atoms with van der Waals surface area (Å²) in [6.45, 7) is 2.73. The number of nitrogens with zero attached hydrogens (tertiary/aromatic N) is 1. The first-order chi connectivity index (χ1) is 8.24. The van der Waals surface area contributed by atoms with Crippen LogP contribution < -0.4 is 5.73 Å². The molecule has 0 bridgehead atoms. The van der Waals surface area contributed by atoms with Crippen molar-refractivity contribution in [3.63, 3.8) is 0 Å². The average molecular weight is 269 g/mol. The summed E-state index contributed by atoms with van der Waals surface area (Å²) in [5, 5.41) is 0. The molecule has 0 radical (unpaired) electrons. The van der Waals surface area contributed by atoms with Gasteiger partial charge >= 0.3 is 0 Å². The number of fused-ring (bicyclic) bond motifs is 1. The van der Waals surface area contributed by atoms with Crippen molar-refractivity contribution in [2.24, 2.45) is 5.73 Å². The first-order valence-electron chi connectivity index (χ1n) is 5.98. The second kappa shape index (κ2) is 5.26. The zero-order valence-corrected chi connectivity index (χ0v) is 10.9. The second-order valence-corrected chi connectivity index (χ2v) is 4.78. The molecule has 3 rings (SSSR count). The lowest BCUT2D eigenvalue weighted by molar-refractivity contribution is 0.0790. The summed E-state index contributed by atoms with van der Waals surface area (Å²) in [5.74, 6) is 0.0904. The fraction of sp³-hybridized carbons (Fsp3) is 0.462. The van der Waals surface area contributed by atoms with Crippen LogP contribution in [0.5, 0.6) is 0 Å². The molecule has 1 unspecified atom stereocenters. The van der Waals surface area contributed by atoms with E-state index in [9.17, 15) is 4.79 Å².